The van der Waals surface area contributed by atoms with Crippen LogP contribution in [0.15, 0.2) is 0 Å². The lowest BCUT2D eigenvalue weighted by Gasteiger charge is -2.40. The normalized spacial score (nSPS) is 41.5. The van der Waals surface area contributed by atoms with Gasteiger partial charge in [0.25, 0.3) is 0 Å². The van der Waals surface area contributed by atoms with Crippen molar-refractivity contribution in [2.24, 2.45) is 17.3 Å². The number of hydrogen-bond donors (Lipinski definition) is 0. The van der Waals surface area contributed by atoms with E-state index in [0.29, 0.717) is 11.5 Å². The summed E-state index contributed by atoms with van der Waals surface area (Å²) in [7, 11) is 0. The molecule has 1 heterocycles. The van der Waals surface area contributed by atoms with Crippen LogP contribution in [0.25, 0.3) is 0 Å². The molecule has 17 heavy (non-hydrogen) atoms. The van der Waals surface area contributed by atoms with Crippen molar-refractivity contribution in [2.75, 3.05) is 6.61 Å². The Labute approximate surface area is 107 Å². The molecule has 0 aromatic carbocycles. The average Bonchev–Trinajstić information content (AvgIpc) is 2.66. The zero-order valence-corrected chi connectivity index (χ0v) is 12.0. The molecule has 1 aliphatic heterocycles. The molecule has 0 bridgehead atoms. The summed E-state index contributed by atoms with van der Waals surface area (Å²) in [5.74, 6) is 1.68. The van der Waals surface area contributed by atoms with Gasteiger partial charge in [0.05, 0.1) is 6.10 Å². The molecule has 4 unspecified atom stereocenters. The third-order valence-corrected chi connectivity index (χ3v) is 5.19. The summed E-state index contributed by atoms with van der Waals surface area (Å²) in [4.78, 5) is 0. The fourth-order valence-electron chi connectivity index (χ4n) is 3.88. The number of fused-ring (bicyclic) bond motifs is 1. The molecule has 100 valence electrons. The molecule has 1 nitrogen and oxygen atoms in total. The van der Waals surface area contributed by atoms with Crippen molar-refractivity contribution in [1.29, 1.82) is 0 Å². The molecule has 0 aromatic rings. The third kappa shape index (κ3) is 3.24. The van der Waals surface area contributed by atoms with Gasteiger partial charge in [-0.25, -0.2) is 0 Å². The number of hydrogen-bond acceptors (Lipinski definition) is 1. The van der Waals surface area contributed by atoms with E-state index in [1.165, 1.54) is 51.4 Å². The van der Waals surface area contributed by atoms with E-state index in [4.69, 9.17) is 4.74 Å². The molecule has 1 heteroatoms. The third-order valence-electron chi connectivity index (χ3n) is 5.19. The predicted molar refractivity (Wildman–Crippen MR) is 73.1 cm³/mol. The Morgan fingerprint density at radius 1 is 1.24 bits per heavy atom. The molecule has 2 fully saturated rings. The molecule has 0 spiro atoms. The van der Waals surface area contributed by atoms with Gasteiger partial charge in [-0.1, -0.05) is 46.5 Å². The van der Waals surface area contributed by atoms with Gasteiger partial charge in [-0.2, -0.15) is 0 Å². The summed E-state index contributed by atoms with van der Waals surface area (Å²) in [6, 6.07) is 0. The average molecular weight is 238 g/mol. The van der Waals surface area contributed by atoms with Crippen molar-refractivity contribution >= 4 is 0 Å². The van der Waals surface area contributed by atoms with Crippen LogP contribution < -0.4 is 0 Å². The summed E-state index contributed by atoms with van der Waals surface area (Å²) < 4.78 is 5.99. The van der Waals surface area contributed by atoms with Crippen molar-refractivity contribution in [2.45, 2.75) is 78.2 Å². The highest BCUT2D eigenvalue weighted by Gasteiger charge is 2.43. The molecular formula is C16H30O. The van der Waals surface area contributed by atoms with Crippen LogP contribution in [0.2, 0.25) is 0 Å². The second-order valence-electron chi connectivity index (χ2n) is 6.88. The molecule has 0 amide bonds. The minimum atomic E-state index is 0.582. The zero-order chi connectivity index (χ0) is 12.3. The molecule has 0 N–H and O–H groups in total. The highest BCUT2D eigenvalue weighted by Crippen LogP contribution is 2.48. The van der Waals surface area contributed by atoms with Crippen LogP contribution in [0, 0.1) is 17.3 Å². The highest BCUT2D eigenvalue weighted by molar-refractivity contribution is 4.93. The van der Waals surface area contributed by atoms with Crippen molar-refractivity contribution in [1.82, 2.24) is 0 Å². The fourth-order valence-corrected chi connectivity index (χ4v) is 3.88. The van der Waals surface area contributed by atoms with Gasteiger partial charge in [-0.15, -0.1) is 0 Å². The number of unbranched alkanes of at least 4 members (excludes halogenated alkanes) is 3. The van der Waals surface area contributed by atoms with Crippen LogP contribution in [0.3, 0.4) is 0 Å². The van der Waals surface area contributed by atoms with Crippen LogP contribution in [0.5, 0.6) is 0 Å². The first-order chi connectivity index (χ1) is 8.14. The van der Waals surface area contributed by atoms with Gasteiger partial charge in [-0.3, -0.25) is 0 Å². The molecule has 2 rings (SSSR count). The van der Waals surface area contributed by atoms with Crippen LogP contribution in [-0.2, 0) is 4.74 Å². The summed E-state index contributed by atoms with van der Waals surface area (Å²) in [5.41, 5.74) is 0.582. The monoisotopic (exact) mass is 238 g/mol. The molecule has 0 radical (unpaired) electrons. The first kappa shape index (κ1) is 13.4. The second kappa shape index (κ2) is 5.73. The maximum atomic E-state index is 5.99. The Kier molecular flexibility index (Phi) is 4.52. The van der Waals surface area contributed by atoms with E-state index in [2.05, 4.69) is 20.8 Å². The molecule has 0 aromatic heterocycles. The van der Waals surface area contributed by atoms with Crippen molar-refractivity contribution in [3.63, 3.8) is 0 Å². The topological polar surface area (TPSA) is 9.23 Å². The lowest BCUT2D eigenvalue weighted by molar-refractivity contribution is 0.00934. The Morgan fingerprint density at radius 2 is 2.06 bits per heavy atom. The SMILES string of the molecule is CCCCCCC1(C)CCC2C(C)COC2C1. The van der Waals surface area contributed by atoms with Gasteiger partial charge in [0.1, 0.15) is 0 Å². The smallest absolute Gasteiger partial charge is 0.0612 e. The quantitative estimate of drug-likeness (QED) is 0.625. The predicted octanol–water partition coefficient (Wildman–Crippen LogP) is 4.80. The summed E-state index contributed by atoms with van der Waals surface area (Å²) in [6.45, 7) is 8.18. The van der Waals surface area contributed by atoms with E-state index in [1.807, 2.05) is 0 Å². The Balaban J connectivity index is 1.78. The van der Waals surface area contributed by atoms with Crippen molar-refractivity contribution < 1.29 is 4.74 Å². The van der Waals surface area contributed by atoms with Gasteiger partial charge in [0.15, 0.2) is 0 Å². The van der Waals surface area contributed by atoms with Gasteiger partial charge in [0.2, 0.25) is 0 Å². The lowest BCUT2D eigenvalue weighted by atomic mass is 9.66. The highest BCUT2D eigenvalue weighted by atomic mass is 16.5. The van der Waals surface area contributed by atoms with E-state index in [9.17, 15) is 0 Å². The standard InChI is InChI=1S/C16H30O/c1-4-5-6-7-9-16(3)10-8-14-13(2)12-17-15(14)11-16/h13-15H,4-12H2,1-3H3. The second-order valence-corrected chi connectivity index (χ2v) is 6.88. The van der Waals surface area contributed by atoms with Crippen molar-refractivity contribution in [3.05, 3.63) is 0 Å². The van der Waals surface area contributed by atoms with Gasteiger partial charge in [0, 0.05) is 6.61 Å². The summed E-state index contributed by atoms with van der Waals surface area (Å²) in [5, 5.41) is 0. The minimum Gasteiger partial charge on any atom is -0.378 e. The van der Waals surface area contributed by atoms with Crippen molar-refractivity contribution in [3.8, 4) is 0 Å². The Bertz CT molecular complexity index is 238. The lowest BCUT2D eigenvalue weighted by Crippen LogP contribution is -2.34. The molecule has 1 aliphatic carbocycles. The Morgan fingerprint density at radius 3 is 2.82 bits per heavy atom. The minimum absolute atomic E-state index is 0.582. The molecule has 1 saturated carbocycles. The van der Waals surface area contributed by atoms with E-state index < -0.39 is 0 Å². The van der Waals surface area contributed by atoms with Crippen LogP contribution in [0.1, 0.15) is 72.1 Å². The molecular weight excluding hydrogens is 208 g/mol. The van der Waals surface area contributed by atoms with Gasteiger partial charge in [-0.05, 0) is 42.9 Å². The molecule has 4 atom stereocenters. The van der Waals surface area contributed by atoms with E-state index in [1.54, 1.807) is 0 Å². The van der Waals surface area contributed by atoms with Gasteiger partial charge < -0.3 is 4.74 Å². The van der Waals surface area contributed by atoms with E-state index in [-0.39, 0.29) is 0 Å². The first-order valence-corrected chi connectivity index (χ1v) is 7.76. The maximum absolute atomic E-state index is 5.99. The number of rotatable bonds is 5. The largest absolute Gasteiger partial charge is 0.378 e. The zero-order valence-electron chi connectivity index (χ0n) is 12.0. The summed E-state index contributed by atoms with van der Waals surface area (Å²) in [6.07, 6.45) is 11.8. The maximum Gasteiger partial charge on any atom is 0.0612 e. The molecule has 1 saturated heterocycles. The van der Waals surface area contributed by atoms with E-state index >= 15 is 0 Å². The molecule has 2 aliphatic rings. The first-order valence-electron chi connectivity index (χ1n) is 7.76. The van der Waals surface area contributed by atoms with Crippen LogP contribution in [0.4, 0.5) is 0 Å². The van der Waals surface area contributed by atoms with Crippen LogP contribution >= 0.6 is 0 Å². The summed E-state index contributed by atoms with van der Waals surface area (Å²) >= 11 is 0. The Hall–Kier alpha value is -0.0400. The van der Waals surface area contributed by atoms with Gasteiger partial charge >= 0.3 is 0 Å². The fraction of sp³-hybridized carbons (Fsp3) is 1.00. The van der Waals surface area contributed by atoms with E-state index in [0.717, 1.165) is 18.4 Å². The van der Waals surface area contributed by atoms with Crippen LogP contribution in [-0.4, -0.2) is 12.7 Å². The number of ether oxygens (including phenoxy) is 1.